The third-order valence-corrected chi connectivity index (χ3v) is 4.38. The molecule has 10 heteroatoms. The lowest BCUT2D eigenvalue weighted by molar-refractivity contribution is -0.359. The molecule has 3 unspecified atom stereocenters. The molecule has 0 bridgehead atoms. The fourth-order valence-corrected chi connectivity index (χ4v) is 3.34. The summed E-state index contributed by atoms with van der Waals surface area (Å²) >= 11 is 0. The molecular formula is C16H15O10-3. The van der Waals surface area contributed by atoms with Crippen LogP contribution >= 0.6 is 0 Å². The molecule has 0 N–H and O–H groups in total. The van der Waals surface area contributed by atoms with Crippen LogP contribution in [0.25, 0.3) is 0 Å². The van der Waals surface area contributed by atoms with Crippen molar-refractivity contribution >= 4 is 17.9 Å². The highest BCUT2D eigenvalue weighted by molar-refractivity contribution is 5.99. The Morgan fingerprint density at radius 1 is 0.846 bits per heavy atom. The summed E-state index contributed by atoms with van der Waals surface area (Å²) in [6.45, 7) is 0. The molecule has 0 heterocycles. The van der Waals surface area contributed by atoms with E-state index in [1.54, 1.807) is 0 Å². The molecule has 0 aromatic carbocycles. The molecule has 0 amide bonds. The van der Waals surface area contributed by atoms with Crippen molar-refractivity contribution in [2.24, 2.45) is 17.8 Å². The van der Waals surface area contributed by atoms with E-state index >= 15 is 0 Å². The van der Waals surface area contributed by atoms with Gasteiger partial charge in [-0.2, -0.15) is 0 Å². The van der Waals surface area contributed by atoms with Crippen molar-refractivity contribution in [1.82, 2.24) is 0 Å². The summed E-state index contributed by atoms with van der Waals surface area (Å²) in [5.41, 5.74) is -1.81. The second-order valence-corrected chi connectivity index (χ2v) is 5.41. The summed E-state index contributed by atoms with van der Waals surface area (Å²) in [5, 5.41) is 37.4. The minimum atomic E-state index is -1.67. The lowest BCUT2D eigenvalue weighted by Gasteiger charge is -2.25. The standard InChI is InChI=1S/C16H18O10/c1-23-13(19)7-5-6(9(11(7)17)15(21)25-3)10(16(22)26-4)12(18)8(5)14(20)24-2/h5-7,17-18,22H,1-4H3/p-3/b16-10+. The zero-order valence-electron chi connectivity index (χ0n) is 14.3. The average Bonchev–Trinajstić information content (AvgIpc) is 3.08. The number of hydrogen-bond donors (Lipinski definition) is 0. The summed E-state index contributed by atoms with van der Waals surface area (Å²) in [5.74, 6) is -11.1. The fourth-order valence-electron chi connectivity index (χ4n) is 3.34. The summed E-state index contributed by atoms with van der Waals surface area (Å²) in [4.78, 5) is 36.3. The first-order chi connectivity index (χ1) is 12.3. The smallest absolute Gasteiger partial charge is 0.333 e. The predicted molar refractivity (Wildman–Crippen MR) is 74.6 cm³/mol. The summed E-state index contributed by atoms with van der Waals surface area (Å²) in [6, 6.07) is 0. The first-order valence-corrected chi connectivity index (χ1v) is 7.28. The Kier molecular flexibility index (Phi) is 5.15. The first-order valence-electron chi connectivity index (χ1n) is 7.28. The van der Waals surface area contributed by atoms with Crippen LogP contribution in [-0.4, -0.2) is 46.3 Å². The Balaban J connectivity index is 2.81. The molecule has 0 aromatic heterocycles. The molecule has 3 atom stereocenters. The van der Waals surface area contributed by atoms with Crippen molar-refractivity contribution in [2.45, 2.75) is 0 Å². The van der Waals surface area contributed by atoms with Gasteiger partial charge in [0, 0.05) is 23.0 Å². The van der Waals surface area contributed by atoms with Gasteiger partial charge in [0.15, 0.2) is 0 Å². The van der Waals surface area contributed by atoms with Crippen molar-refractivity contribution in [3.8, 4) is 0 Å². The van der Waals surface area contributed by atoms with Gasteiger partial charge in [-0.05, 0) is 12.7 Å². The SMILES string of the molecule is COC(=O)C1=C([O-])C(C(=O)OC)C2C(C(=O)OC)=C([O-])/C(=C(\[O-])OC)C12. The van der Waals surface area contributed by atoms with Gasteiger partial charge in [-0.15, -0.1) is 5.76 Å². The second kappa shape index (κ2) is 6.98. The maximum absolute atomic E-state index is 12.7. The van der Waals surface area contributed by atoms with Crippen LogP contribution in [0.1, 0.15) is 0 Å². The molecule has 0 aliphatic heterocycles. The summed E-state index contributed by atoms with van der Waals surface area (Å²) < 4.78 is 18.2. The van der Waals surface area contributed by atoms with Crippen LogP contribution in [0.15, 0.2) is 34.2 Å². The normalized spacial score (nSPS) is 26.4. The number of allylic oxidation sites excluding steroid dienone is 1. The lowest BCUT2D eigenvalue weighted by Crippen LogP contribution is -2.32. The molecule has 142 valence electrons. The first kappa shape index (κ1) is 19.2. The topological polar surface area (TPSA) is 157 Å². The van der Waals surface area contributed by atoms with E-state index in [2.05, 4.69) is 18.9 Å². The molecule has 10 nitrogen and oxygen atoms in total. The molecule has 2 aliphatic carbocycles. The van der Waals surface area contributed by atoms with Gasteiger partial charge in [0.25, 0.3) is 0 Å². The van der Waals surface area contributed by atoms with Crippen molar-refractivity contribution in [3.63, 3.8) is 0 Å². The summed E-state index contributed by atoms with van der Waals surface area (Å²) in [7, 11) is 3.96. The van der Waals surface area contributed by atoms with Crippen LogP contribution in [0.2, 0.25) is 0 Å². The van der Waals surface area contributed by atoms with Gasteiger partial charge in [-0.25, -0.2) is 9.59 Å². The minimum Gasteiger partial charge on any atom is -0.874 e. The van der Waals surface area contributed by atoms with Crippen LogP contribution in [0.3, 0.4) is 0 Å². The van der Waals surface area contributed by atoms with Gasteiger partial charge in [0.1, 0.15) is 0 Å². The second-order valence-electron chi connectivity index (χ2n) is 5.41. The maximum Gasteiger partial charge on any atom is 0.333 e. The number of esters is 3. The Labute approximate surface area is 147 Å². The minimum absolute atomic E-state index is 0.597. The van der Waals surface area contributed by atoms with Crippen LogP contribution in [0.4, 0.5) is 0 Å². The molecule has 26 heavy (non-hydrogen) atoms. The van der Waals surface area contributed by atoms with Gasteiger partial charge in [0.2, 0.25) is 0 Å². The van der Waals surface area contributed by atoms with Crippen LogP contribution in [-0.2, 0) is 33.3 Å². The van der Waals surface area contributed by atoms with Gasteiger partial charge >= 0.3 is 17.9 Å². The van der Waals surface area contributed by atoms with E-state index in [0.29, 0.717) is 0 Å². The van der Waals surface area contributed by atoms with Gasteiger partial charge in [-0.1, -0.05) is 5.76 Å². The van der Waals surface area contributed by atoms with Crippen molar-refractivity contribution in [2.75, 3.05) is 28.4 Å². The Morgan fingerprint density at radius 2 is 1.38 bits per heavy atom. The van der Waals surface area contributed by atoms with E-state index in [9.17, 15) is 29.7 Å². The van der Waals surface area contributed by atoms with Crippen molar-refractivity contribution in [1.29, 1.82) is 0 Å². The molecule has 0 radical (unpaired) electrons. The highest BCUT2D eigenvalue weighted by atomic mass is 16.6. The van der Waals surface area contributed by atoms with E-state index in [-0.39, 0.29) is 0 Å². The quantitative estimate of drug-likeness (QED) is 0.282. The largest absolute Gasteiger partial charge is 0.874 e. The van der Waals surface area contributed by atoms with E-state index in [1.807, 2.05) is 0 Å². The maximum atomic E-state index is 12.7. The highest BCUT2D eigenvalue weighted by Crippen LogP contribution is 2.54. The van der Waals surface area contributed by atoms with Crippen LogP contribution in [0, 0.1) is 17.8 Å². The molecule has 2 rings (SSSR count). The van der Waals surface area contributed by atoms with Crippen molar-refractivity contribution in [3.05, 3.63) is 34.2 Å². The highest BCUT2D eigenvalue weighted by Gasteiger charge is 2.54. The molecule has 0 saturated carbocycles. The molecule has 0 saturated heterocycles. The van der Waals surface area contributed by atoms with Gasteiger partial charge in [-0.3, -0.25) is 4.79 Å². The Morgan fingerprint density at radius 3 is 1.85 bits per heavy atom. The number of hydrogen-bond acceptors (Lipinski definition) is 10. The number of rotatable bonds is 4. The van der Waals surface area contributed by atoms with E-state index < -0.39 is 69.8 Å². The van der Waals surface area contributed by atoms with E-state index in [4.69, 9.17) is 0 Å². The monoisotopic (exact) mass is 367 g/mol. The van der Waals surface area contributed by atoms with Gasteiger partial charge in [0.05, 0.1) is 33.2 Å². The molecular weight excluding hydrogens is 352 g/mol. The van der Waals surface area contributed by atoms with E-state index in [1.165, 1.54) is 0 Å². The average molecular weight is 367 g/mol. The van der Waals surface area contributed by atoms with Crippen molar-refractivity contribution < 1.29 is 48.7 Å². The predicted octanol–water partition coefficient (Wildman–Crippen LogP) is -3.17. The number of methoxy groups -OCH3 is 4. The summed E-state index contributed by atoms with van der Waals surface area (Å²) in [6.07, 6.45) is 0. The Hall–Kier alpha value is -3.17. The fraction of sp³-hybridized carbons (Fsp3) is 0.438. The third-order valence-electron chi connectivity index (χ3n) is 4.38. The molecule has 2 aliphatic rings. The number of carbonyl (C=O) groups excluding carboxylic acids is 3. The van der Waals surface area contributed by atoms with Gasteiger partial charge < -0.3 is 34.3 Å². The van der Waals surface area contributed by atoms with Crippen LogP contribution in [0.5, 0.6) is 0 Å². The molecule has 0 fully saturated rings. The number of carbonyl (C=O) groups is 3. The Bertz CT molecular complexity index is 757. The zero-order chi connectivity index (χ0) is 19.8. The van der Waals surface area contributed by atoms with Crippen LogP contribution < -0.4 is 15.3 Å². The number of ether oxygens (including phenoxy) is 4. The third kappa shape index (κ3) is 2.54. The van der Waals surface area contributed by atoms with E-state index in [0.717, 1.165) is 28.4 Å². The molecule has 0 spiro atoms. The number of fused-ring (bicyclic) bond motifs is 1. The molecule has 0 aromatic rings. The zero-order valence-corrected chi connectivity index (χ0v) is 14.3. The lowest BCUT2D eigenvalue weighted by atomic mass is 9.83.